The summed E-state index contributed by atoms with van der Waals surface area (Å²) in [6.45, 7) is 0.00262. The van der Waals surface area contributed by atoms with Crippen LogP contribution in [0.4, 0.5) is 4.79 Å². The highest BCUT2D eigenvalue weighted by Gasteiger charge is 2.19. The summed E-state index contributed by atoms with van der Waals surface area (Å²) in [5.74, 6) is -0.515. The fourth-order valence-corrected chi connectivity index (χ4v) is 1.07. The summed E-state index contributed by atoms with van der Waals surface area (Å²) in [5.41, 5.74) is 0. The number of hydrogen-bond donors (Lipinski definition) is 1. The first-order chi connectivity index (χ1) is 7.99. The van der Waals surface area contributed by atoms with Crippen molar-refractivity contribution >= 4 is 35.1 Å². The van der Waals surface area contributed by atoms with Gasteiger partial charge in [0.2, 0.25) is 0 Å². The third-order valence-electron chi connectivity index (χ3n) is 1.60. The van der Waals surface area contributed by atoms with Crippen LogP contribution in [-0.4, -0.2) is 55.7 Å². The fraction of sp³-hybridized carbons (Fsp3) is 0.778. The molecule has 0 aromatic carbocycles. The van der Waals surface area contributed by atoms with Crippen molar-refractivity contribution in [1.29, 1.82) is 0 Å². The first kappa shape index (κ1) is 16.4. The smallest absolute Gasteiger partial charge is 0.424 e. The Morgan fingerprint density at radius 2 is 2.00 bits per heavy atom. The normalized spacial score (nSPS) is 12.1. The van der Waals surface area contributed by atoms with E-state index >= 15 is 0 Å². The molecule has 100 valence electrons. The molecular formula is C9H16INO6. The molecule has 7 nitrogen and oxygen atoms in total. The van der Waals surface area contributed by atoms with Crippen LogP contribution in [0.25, 0.3) is 0 Å². The zero-order valence-electron chi connectivity index (χ0n) is 9.72. The molecule has 0 aromatic rings. The highest BCUT2D eigenvalue weighted by atomic mass is 127. The number of carbonyl (C=O) groups excluding carboxylic acids is 2. The number of esters is 1. The molecule has 0 spiro atoms. The Morgan fingerprint density at radius 3 is 2.47 bits per heavy atom. The van der Waals surface area contributed by atoms with Gasteiger partial charge in [0, 0.05) is 13.0 Å². The van der Waals surface area contributed by atoms with Crippen LogP contribution in [-0.2, 0) is 17.3 Å². The quantitative estimate of drug-likeness (QED) is 0.406. The highest BCUT2D eigenvalue weighted by Crippen LogP contribution is 2.07. The molecule has 1 unspecified atom stereocenters. The average Bonchev–Trinajstić information content (AvgIpc) is 2.24. The summed E-state index contributed by atoms with van der Waals surface area (Å²) < 4.78 is 13.9. The predicted octanol–water partition coefficient (Wildman–Crippen LogP) is 0.693. The van der Waals surface area contributed by atoms with Gasteiger partial charge < -0.3 is 17.6 Å². The van der Waals surface area contributed by atoms with E-state index in [4.69, 9.17) is 14.6 Å². The van der Waals surface area contributed by atoms with Crippen LogP contribution in [0.5, 0.6) is 0 Å². The Bertz CT molecular complexity index is 248. The second-order valence-corrected chi connectivity index (χ2v) is 3.91. The number of nitrogens with zero attached hydrogens (tertiary/aromatic N) is 1. The number of aliphatic hydroxyl groups excluding tert-OH is 1. The van der Waals surface area contributed by atoms with Crippen molar-refractivity contribution in [3.8, 4) is 0 Å². The maximum absolute atomic E-state index is 11.3. The van der Waals surface area contributed by atoms with Crippen molar-refractivity contribution < 1.29 is 27.2 Å². The van der Waals surface area contributed by atoms with Crippen LogP contribution in [0.15, 0.2) is 0 Å². The van der Waals surface area contributed by atoms with Crippen molar-refractivity contribution in [2.24, 2.45) is 0 Å². The maximum atomic E-state index is 11.3. The molecule has 0 bridgehead atoms. The molecule has 0 fully saturated rings. The third kappa shape index (κ3) is 9.12. The summed E-state index contributed by atoms with van der Waals surface area (Å²) >= 11 is 1.37. The monoisotopic (exact) mass is 361 g/mol. The molecule has 0 aromatic heterocycles. The average molecular weight is 361 g/mol. The fourth-order valence-electron chi connectivity index (χ4n) is 0.967. The zero-order chi connectivity index (χ0) is 13.3. The SMILES string of the molecule is CN(C)CC(=O)OC(CCCO)OC(=O)OI. The van der Waals surface area contributed by atoms with E-state index in [0.717, 1.165) is 0 Å². The lowest BCUT2D eigenvalue weighted by molar-refractivity contribution is -0.171. The van der Waals surface area contributed by atoms with Gasteiger partial charge >= 0.3 is 12.1 Å². The van der Waals surface area contributed by atoms with Crippen molar-refractivity contribution in [2.75, 3.05) is 27.2 Å². The minimum Gasteiger partial charge on any atom is -0.424 e. The van der Waals surface area contributed by atoms with Crippen molar-refractivity contribution in [3.05, 3.63) is 0 Å². The second kappa shape index (κ2) is 9.42. The van der Waals surface area contributed by atoms with E-state index in [0.29, 0.717) is 6.42 Å². The summed E-state index contributed by atoms with van der Waals surface area (Å²) in [7, 11) is 3.42. The topological polar surface area (TPSA) is 85.3 Å². The number of likely N-dealkylation sites (N-methyl/N-ethyl adjacent to an activating group) is 1. The van der Waals surface area contributed by atoms with Crippen molar-refractivity contribution in [2.45, 2.75) is 19.1 Å². The molecule has 0 radical (unpaired) electrons. The Morgan fingerprint density at radius 1 is 1.35 bits per heavy atom. The first-order valence-corrected chi connectivity index (χ1v) is 5.82. The number of carbonyl (C=O) groups is 2. The standard InChI is InChI=1S/C9H16INO6/c1-11(2)6-7(13)15-8(4-3-5-12)16-9(14)17-10/h8,12H,3-6H2,1-2H3. The van der Waals surface area contributed by atoms with Gasteiger partial charge in [-0.15, -0.1) is 0 Å². The van der Waals surface area contributed by atoms with Gasteiger partial charge in [0.1, 0.15) is 0 Å². The lowest BCUT2D eigenvalue weighted by Gasteiger charge is -2.17. The van der Waals surface area contributed by atoms with Gasteiger partial charge in [0.15, 0.2) is 23.0 Å². The van der Waals surface area contributed by atoms with Gasteiger partial charge in [-0.05, 0) is 20.5 Å². The van der Waals surface area contributed by atoms with Crippen LogP contribution in [0.1, 0.15) is 12.8 Å². The minimum atomic E-state index is -1.03. The lowest BCUT2D eigenvalue weighted by Crippen LogP contribution is -2.30. The molecule has 0 aliphatic carbocycles. The Labute approximate surface area is 114 Å². The van der Waals surface area contributed by atoms with Gasteiger partial charge in [-0.3, -0.25) is 9.69 Å². The molecule has 0 aliphatic rings. The van der Waals surface area contributed by atoms with E-state index in [9.17, 15) is 9.59 Å². The summed E-state index contributed by atoms with van der Waals surface area (Å²) in [6, 6.07) is 0. The van der Waals surface area contributed by atoms with E-state index in [1.165, 1.54) is 23.0 Å². The summed E-state index contributed by atoms with van der Waals surface area (Å²) in [4.78, 5) is 23.8. The third-order valence-corrected chi connectivity index (χ3v) is 1.96. The van der Waals surface area contributed by atoms with E-state index in [1.54, 1.807) is 19.0 Å². The van der Waals surface area contributed by atoms with Gasteiger partial charge in [-0.1, -0.05) is 0 Å². The number of rotatable bonds is 7. The number of hydrogen-bond acceptors (Lipinski definition) is 7. The van der Waals surface area contributed by atoms with E-state index in [2.05, 4.69) is 3.07 Å². The lowest BCUT2D eigenvalue weighted by atomic mass is 10.3. The summed E-state index contributed by atoms with van der Waals surface area (Å²) in [5, 5.41) is 8.66. The maximum Gasteiger partial charge on any atom is 0.521 e. The Balaban J connectivity index is 4.17. The van der Waals surface area contributed by atoms with Gasteiger partial charge in [0.25, 0.3) is 6.29 Å². The molecule has 0 saturated carbocycles. The molecule has 1 N–H and O–H groups in total. The largest absolute Gasteiger partial charge is 0.521 e. The second-order valence-electron chi connectivity index (χ2n) is 3.47. The van der Waals surface area contributed by atoms with Gasteiger partial charge in [-0.25, -0.2) is 4.79 Å². The molecule has 0 rings (SSSR count). The molecule has 17 heavy (non-hydrogen) atoms. The van der Waals surface area contributed by atoms with Crippen molar-refractivity contribution in [3.63, 3.8) is 0 Å². The number of aliphatic hydroxyl groups is 1. The molecular weight excluding hydrogens is 345 g/mol. The molecule has 8 heteroatoms. The van der Waals surface area contributed by atoms with Crippen LogP contribution in [0.3, 0.4) is 0 Å². The minimum absolute atomic E-state index is 0.0790. The Hall–Kier alpha value is -0.610. The van der Waals surface area contributed by atoms with Crippen LogP contribution in [0.2, 0.25) is 0 Å². The number of halogens is 1. The zero-order valence-corrected chi connectivity index (χ0v) is 11.9. The Kier molecular flexibility index (Phi) is 9.09. The number of ether oxygens (including phenoxy) is 2. The van der Waals surface area contributed by atoms with E-state index in [-0.39, 0.29) is 19.6 Å². The summed E-state index contributed by atoms with van der Waals surface area (Å²) in [6.07, 6.45) is -1.39. The molecule has 1 atom stereocenters. The van der Waals surface area contributed by atoms with Gasteiger partial charge in [0.05, 0.1) is 6.54 Å². The van der Waals surface area contributed by atoms with Gasteiger partial charge in [-0.2, -0.15) is 0 Å². The van der Waals surface area contributed by atoms with E-state index < -0.39 is 18.4 Å². The molecule has 0 aliphatic heterocycles. The van der Waals surface area contributed by atoms with Crippen LogP contribution in [0, 0.1) is 0 Å². The molecule has 0 heterocycles. The van der Waals surface area contributed by atoms with E-state index in [1.807, 2.05) is 0 Å². The van der Waals surface area contributed by atoms with Crippen LogP contribution >= 0.6 is 23.0 Å². The van der Waals surface area contributed by atoms with Crippen LogP contribution < -0.4 is 0 Å². The highest BCUT2D eigenvalue weighted by molar-refractivity contribution is 14.1. The molecule has 0 amide bonds. The molecule has 0 saturated heterocycles. The predicted molar refractivity (Wildman–Crippen MR) is 66.3 cm³/mol. The first-order valence-electron chi connectivity index (χ1n) is 4.94. The van der Waals surface area contributed by atoms with Crippen molar-refractivity contribution in [1.82, 2.24) is 4.90 Å².